The summed E-state index contributed by atoms with van der Waals surface area (Å²) in [5.41, 5.74) is 7.35. The number of rotatable bonds is 6. The number of pyridine rings is 1. The zero-order valence-corrected chi connectivity index (χ0v) is 16.6. The lowest BCUT2D eigenvalue weighted by Gasteiger charge is -2.09. The van der Waals surface area contributed by atoms with Gasteiger partial charge in [-0.3, -0.25) is 9.78 Å². The topological polar surface area (TPSA) is 56.0 Å². The smallest absolute Gasteiger partial charge is 0.181 e. The van der Waals surface area contributed by atoms with Crippen LogP contribution in [0.15, 0.2) is 77.8 Å². The Morgan fingerprint density at radius 3 is 2.45 bits per heavy atom. The molecule has 4 rings (SSSR count). The second-order valence-corrected chi connectivity index (χ2v) is 7.25. The van der Waals surface area contributed by atoms with Gasteiger partial charge in [0.05, 0.1) is 11.9 Å². The number of hydrogen-bond acceptors (Lipinski definition) is 4. The lowest BCUT2D eigenvalue weighted by Crippen LogP contribution is -2.09. The molecular formula is C25H22N2O2. The van der Waals surface area contributed by atoms with Crippen molar-refractivity contribution in [1.29, 1.82) is 0 Å². The Kier molecular flexibility index (Phi) is 5.34. The molecule has 0 spiro atoms. The minimum Gasteiger partial charge on any atom is -0.444 e. The van der Waals surface area contributed by atoms with E-state index in [4.69, 9.17) is 4.42 Å². The molecule has 4 heteroatoms. The summed E-state index contributed by atoms with van der Waals surface area (Å²) in [4.78, 5) is 20.8. The predicted octanol–water partition coefficient (Wildman–Crippen LogP) is 5.37. The number of aromatic nitrogens is 2. The molecule has 29 heavy (non-hydrogen) atoms. The first-order chi connectivity index (χ1) is 14.1. The molecule has 0 unspecified atom stereocenters. The maximum absolute atomic E-state index is 12.5. The molecule has 0 aliphatic carbocycles. The van der Waals surface area contributed by atoms with E-state index in [9.17, 15) is 4.79 Å². The zero-order chi connectivity index (χ0) is 20.2. The number of ketones is 1. The summed E-state index contributed by atoms with van der Waals surface area (Å²) in [6, 6.07) is 18.3. The van der Waals surface area contributed by atoms with Crippen LogP contribution in [0.5, 0.6) is 0 Å². The summed E-state index contributed by atoms with van der Waals surface area (Å²) in [5.74, 6) is 0.918. The highest BCUT2D eigenvalue weighted by Gasteiger charge is 2.10. The summed E-state index contributed by atoms with van der Waals surface area (Å²) in [7, 11) is 0. The average molecular weight is 382 g/mol. The van der Waals surface area contributed by atoms with Crippen molar-refractivity contribution < 1.29 is 9.21 Å². The molecule has 0 bridgehead atoms. The highest BCUT2D eigenvalue weighted by atomic mass is 16.3. The fourth-order valence-corrected chi connectivity index (χ4v) is 3.43. The fourth-order valence-electron chi connectivity index (χ4n) is 3.43. The van der Waals surface area contributed by atoms with Gasteiger partial charge in [-0.1, -0.05) is 42.5 Å². The molecular weight excluding hydrogens is 360 g/mol. The lowest BCUT2D eigenvalue weighted by atomic mass is 9.95. The van der Waals surface area contributed by atoms with Crippen molar-refractivity contribution >= 4 is 5.78 Å². The Balaban J connectivity index is 1.50. The molecule has 0 N–H and O–H groups in total. The van der Waals surface area contributed by atoms with E-state index in [1.54, 1.807) is 12.4 Å². The Hall–Kier alpha value is -3.53. The number of hydrogen-bond donors (Lipinski definition) is 0. The van der Waals surface area contributed by atoms with Gasteiger partial charge >= 0.3 is 0 Å². The van der Waals surface area contributed by atoms with Crippen LogP contribution in [-0.2, 0) is 17.6 Å². The SMILES string of the molecule is Cc1ccc(-c2cnco2)cc1-c1ccc(CC(=O)Cc2ncccc2C)cc1. The Morgan fingerprint density at radius 2 is 1.72 bits per heavy atom. The second kappa shape index (κ2) is 8.23. The van der Waals surface area contributed by atoms with E-state index >= 15 is 0 Å². The van der Waals surface area contributed by atoms with Crippen LogP contribution < -0.4 is 0 Å². The molecule has 0 saturated heterocycles. The molecule has 2 aromatic carbocycles. The number of nitrogens with zero attached hydrogens (tertiary/aromatic N) is 2. The van der Waals surface area contributed by atoms with Gasteiger partial charge in [0.1, 0.15) is 5.78 Å². The van der Waals surface area contributed by atoms with Crippen LogP contribution in [0.3, 0.4) is 0 Å². The first kappa shape index (κ1) is 18.8. The fraction of sp³-hybridized carbons (Fsp3) is 0.160. The van der Waals surface area contributed by atoms with Gasteiger partial charge in [-0.25, -0.2) is 4.98 Å². The Labute approximate surface area is 170 Å². The van der Waals surface area contributed by atoms with Gasteiger partial charge < -0.3 is 4.42 Å². The number of benzene rings is 2. The molecule has 4 nitrogen and oxygen atoms in total. The van der Waals surface area contributed by atoms with Gasteiger partial charge in [-0.05, 0) is 53.8 Å². The van der Waals surface area contributed by atoms with Gasteiger partial charge in [0.15, 0.2) is 12.2 Å². The number of carbonyl (C=O) groups is 1. The van der Waals surface area contributed by atoms with Crippen LogP contribution in [0.25, 0.3) is 22.5 Å². The van der Waals surface area contributed by atoms with Crippen LogP contribution in [-0.4, -0.2) is 15.8 Å². The molecule has 4 aromatic rings. The third-order valence-electron chi connectivity index (χ3n) is 5.10. The molecule has 0 fully saturated rings. The first-order valence-electron chi connectivity index (χ1n) is 9.61. The minimum absolute atomic E-state index is 0.169. The van der Waals surface area contributed by atoms with Gasteiger partial charge in [0.2, 0.25) is 0 Å². The van der Waals surface area contributed by atoms with Crippen molar-refractivity contribution in [3.8, 4) is 22.5 Å². The van der Waals surface area contributed by atoms with Crippen LogP contribution in [0.4, 0.5) is 0 Å². The van der Waals surface area contributed by atoms with E-state index < -0.39 is 0 Å². The van der Waals surface area contributed by atoms with E-state index in [-0.39, 0.29) is 5.78 Å². The van der Waals surface area contributed by atoms with Gasteiger partial charge in [0.25, 0.3) is 0 Å². The Bertz CT molecular complexity index is 1130. The molecule has 0 amide bonds. The minimum atomic E-state index is 0.169. The molecule has 2 aromatic heterocycles. The van der Waals surface area contributed by atoms with Crippen LogP contribution in [0.1, 0.15) is 22.4 Å². The van der Waals surface area contributed by atoms with Crippen molar-refractivity contribution in [1.82, 2.24) is 9.97 Å². The quantitative estimate of drug-likeness (QED) is 0.449. The number of oxazole rings is 1. The standard InChI is InChI=1S/C25H22N2O2/c1-17-5-8-21(25-15-26-16-29-25)13-23(17)20-9-6-19(7-10-20)12-22(28)14-24-18(2)4-3-11-27-24/h3-11,13,15-16H,12,14H2,1-2H3. The van der Waals surface area contributed by atoms with E-state index in [0.717, 1.165) is 39.3 Å². The average Bonchev–Trinajstić information content (AvgIpc) is 3.26. The van der Waals surface area contributed by atoms with Gasteiger partial charge in [0, 0.05) is 24.6 Å². The summed E-state index contributed by atoms with van der Waals surface area (Å²) in [5, 5.41) is 0. The van der Waals surface area contributed by atoms with E-state index in [1.807, 2.05) is 37.3 Å². The van der Waals surface area contributed by atoms with Crippen LogP contribution >= 0.6 is 0 Å². The van der Waals surface area contributed by atoms with Crippen molar-refractivity contribution in [3.05, 3.63) is 95.8 Å². The molecule has 0 radical (unpaired) electrons. The van der Waals surface area contributed by atoms with Crippen molar-refractivity contribution in [2.45, 2.75) is 26.7 Å². The highest BCUT2D eigenvalue weighted by Crippen LogP contribution is 2.29. The van der Waals surface area contributed by atoms with Crippen LogP contribution in [0, 0.1) is 13.8 Å². The molecule has 0 atom stereocenters. The van der Waals surface area contributed by atoms with Crippen molar-refractivity contribution in [3.63, 3.8) is 0 Å². The predicted molar refractivity (Wildman–Crippen MR) is 114 cm³/mol. The summed E-state index contributed by atoms with van der Waals surface area (Å²) < 4.78 is 5.42. The van der Waals surface area contributed by atoms with E-state index in [0.29, 0.717) is 12.8 Å². The summed E-state index contributed by atoms with van der Waals surface area (Å²) in [6.07, 6.45) is 5.67. The largest absolute Gasteiger partial charge is 0.444 e. The monoisotopic (exact) mass is 382 g/mol. The van der Waals surface area contributed by atoms with E-state index in [2.05, 4.69) is 41.2 Å². The molecule has 0 saturated carbocycles. The van der Waals surface area contributed by atoms with Gasteiger partial charge in [-0.2, -0.15) is 0 Å². The van der Waals surface area contributed by atoms with Gasteiger partial charge in [-0.15, -0.1) is 0 Å². The molecule has 0 aliphatic rings. The second-order valence-electron chi connectivity index (χ2n) is 7.25. The normalized spacial score (nSPS) is 10.8. The highest BCUT2D eigenvalue weighted by molar-refractivity contribution is 5.83. The number of Topliss-reactive ketones (excluding diaryl/α,β-unsaturated/α-hetero) is 1. The van der Waals surface area contributed by atoms with Crippen molar-refractivity contribution in [2.24, 2.45) is 0 Å². The zero-order valence-electron chi connectivity index (χ0n) is 16.6. The summed E-state index contributed by atoms with van der Waals surface area (Å²) >= 11 is 0. The first-order valence-corrected chi connectivity index (χ1v) is 9.61. The number of aryl methyl sites for hydroxylation is 2. The molecule has 144 valence electrons. The molecule has 2 heterocycles. The lowest BCUT2D eigenvalue weighted by molar-refractivity contribution is -0.117. The number of carbonyl (C=O) groups excluding carboxylic acids is 1. The maximum Gasteiger partial charge on any atom is 0.181 e. The Morgan fingerprint density at radius 1 is 0.931 bits per heavy atom. The third-order valence-corrected chi connectivity index (χ3v) is 5.10. The van der Waals surface area contributed by atoms with Crippen molar-refractivity contribution in [2.75, 3.05) is 0 Å². The maximum atomic E-state index is 12.5. The van der Waals surface area contributed by atoms with E-state index in [1.165, 1.54) is 12.0 Å². The summed E-state index contributed by atoms with van der Waals surface area (Å²) in [6.45, 7) is 4.08. The third kappa shape index (κ3) is 4.32. The molecule has 0 aliphatic heterocycles. The van der Waals surface area contributed by atoms with Crippen LogP contribution in [0.2, 0.25) is 0 Å².